The molecular formula is C12H17FN2O3S. The van der Waals surface area contributed by atoms with Crippen molar-refractivity contribution in [2.24, 2.45) is 0 Å². The van der Waals surface area contributed by atoms with Crippen LogP contribution in [0.3, 0.4) is 0 Å². The Hall–Kier alpha value is -1.63. The van der Waals surface area contributed by atoms with E-state index in [0.29, 0.717) is 0 Å². The minimum Gasteiger partial charge on any atom is -0.399 e. The average Bonchev–Trinajstić information content (AvgIpc) is 2.23. The molecule has 0 saturated carbocycles. The number of sulfone groups is 1. The Kier molecular flexibility index (Phi) is 4.19. The van der Waals surface area contributed by atoms with Crippen molar-refractivity contribution in [2.45, 2.75) is 18.6 Å². The average molecular weight is 288 g/mol. The van der Waals surface area contributed by atoms with Gasteiger partial charge in [0, 0.05) is 24.1 Å². The van der Waals surface area contributed by atoms with Crippen LogP contribution in [0, 0.1) is 5.82 Å². The summed E-state index contributed by atoms with van der Waals surface area (Å²) in [6.07, 6.45) is 1.10. The molecule has 0 heterocycles. The molecule has 0 aliphatic heterocycles. The van der Waals surface area contributed by atoms with E-state index in [2.05, 4.69) is 5.32 Å². The van der Waals surface area contributed by atoms with Crippen molar-refractivity contribution in [3.8, 4) is 0 Å². The highest BCUT2D eigenvalue weighted by Crippen LogP contribution is 2.15. The summed E-state index contributed by atoms with van der Waals surface area (Å²) in [4.78, 5) is 11.8. The van der Waals surface area contributed by atoms with Crippen LogP contribution < -0.4 is 11.1 Å². The smallest absolute Gasteiger partial charge is 0.251 e. The largest absolute Gasteiger partial charge is 0.399 e. The topological polar surface area (TPSA) is 89.3 Å². The second-order valence-electron chi connectivity index (χ2n) is 4.99. The number of carbonyl (C=O) groups is 1. The Bertz CT molecular complexity index is 577. The lowest BCUT2D eigenvalue weighted by molar-refractivity contribution is 0.0950. The van der Waals surface area contributed by atoms with Crippen LogP contribution in [0.5, 0.6) is 0 Å². The second-order valence-corrected chi connectivity index (χ2v) is 7.64. The minimum atomic E-state index is -3.31. The van der Waals surface area contributed by atoms with Gasteiger partial charge in [-0.2, -0.15) is 0 Å². The van der Waals surface area contributed by atoms with Gasteiger partial charge in [0.15, 0.2) is 9.84 Å². The van der Waals surface area contributed by atoms with E-state index < -0.39 is 26.3 Å². The first-order valence-electron chi connectivity index (χ1n) is 5.57. The van der Waals surface area contributed by atoms with Crippen LogP contribution in [-0.4, -0.2) is 31.9 Å². The van der Waals surface area contributed by atoms with Gasteiger partial charge in [0.05, 0.1) is 4.75 Å². The molecule has 5 nitrogen and oxygen atoms in total. The molecule has 0 bridgehead atoms. The lowest BCUT2D eigenvalue weighted by atomic mass is 10.1. The maximum Gasteiger partial charge on any atom is 0.251 e. The first-order valence-corrected chi connectivity index (χ1v) is 7.46. The SMILES string of the molecule is CC(C)(CNC(=O)c1cc(N)cc(F)c1)S(C)(=O)=O. The zero-order valence-corrected chi connectivity index (χ0v) is 11.8. The molecule has 0 saturated heterocycles. The van der Waals surface area contributed by atoms with Gasteiger partial charge in [-0.3, -0.25) is 4.79 Å². The van der Waals surface area contributed by atoms with Crippen LogP contribution in [0.1, 0.15) is 24.2 Å². The van der Waals surface area contributed by atoms with E-state index in [-0.39, 0.29) is 17.8 Å². The summed E-state index contributed by atoms with van der Waals surface area (Å²) in [7, 11) is -3.31. The zero-order valence-electron chi connectivity index (χ0n) is 11.0. The fourth-order valence-electron chi connectivity index (χ4n) is 1.27. The highest BCUT2D eigenvalue weighted by molar-refractivity contribution is 7.92. The van der Waals surface area contributed by atoms with E-state index in [9.17, 15) is 17.6 Å². The maximum absolute atomic E-state index is 13.1. The number of amides is 1. The third kappa shape index (κ3) is 3.92. The molecule has 1 aromatic rings. The minimum absolute atomic E-state index is 0.0572. The number of hydrogen-bond acceptors (Lipinski definition) is 4. The molecule has 0 radical (unpaired) electrons. The van der Waals surface area contributed by atoms with Crippen LogP contribution in [0.2, 0.25) is 0 Å². The number of hydrogen-bond donors (Lipinski definition) is 2. The number of anilines is 1. The summed E-state index contributed by atoms with van der Waals surface area (Å²) >= 11 is 0. The zero-order chi connectivity index (χ0) is 14.8. The van der Waals surface area contributed by atoms with Crippen molar-refractivity contribution in [1.82, 2.24) is 5.32 Å². The molecular weight excluding hydrogens is 271 g/mol. The highest BCUT2D eigenvalue weighted by atomic mass is 32.2. The fraction of sp³-hybridized carbons (Fsp3) is 0.417. The molecule has 0 spiro atoms. The third-order valence-corrected chi connectivity index (χ3v) is 5.01. The molecule has 0 aliphatic rings. The molecule has 106 valence electrons. The van der Waals surface area contributed by atoms with Crippen molar-refractivity contribution in [2.75, 3.05) is 18.5 Å². The van der Waals surface area contributed by atoms with Crippen LogP contribution in [-0.2, 0) is 9.84 Å². The summed E-state index contributed by atoms with van der Waals surface area (Å²) in [6.45, 7) is 2.94. The number of halogens is 1. The Morgan fingerprint density at radius 2 is 1.95 bits per heavy atom. The van der Waals surface area contributed by atoms with Gasteiger partial charge in [0.2, 0.25) is 0 Å². The van der Waals surface area contributed by atoms with Crippen molar-refractivity contribution < 1.29 is 17.6 Å². The van der Waals surface area contributed by atoms with Crippen LogP contribution in [0.25, 0.3) is 0 Å². The Balaban J connectivity index is 2.82. The number of carbonyl (C=O) groups excluding carboxylic acids is 1. The molecule has 0 fully saturated rings. The van der Waals surface area contributed by atoms with Gasteiger partial charge in [0.1, 0.15) is 5.82 Å². The first kappa shape index (κ1) is 15.4. The lowest BCUT2D eigenvalue weighted by Crippen LogP contribution is -2.43. The number of nitrogens with two attached hydrogens (primary N) is 1. The normalized spacial score (nSPS) is 12.2. The van der Waals surface area contributed by atoms with Gasteiger partial charge >= 0.3 is 0 Å². The van der Waals surface area contributed by atoms with Crippen LogP contribution in [0.4, 0.5) is 10.1 Å². The summed E-state index contributed by atoms with van der Waals surface area (Å²) in [5, 5.41) is 2.46. The molecule has 1 rings (SSSR count). The molecule has 7 heteroatoms. The van der Waals surface area contributed by atoms with E-state index in [0.717, 1.165) is 18.4 Å². The lowest BCUT2D eigenvalue weighted by Gasteiger charge is -2.22. The van der Waals surface area contributed by atoms with Crippen molar-refractivity contribution in [1.29, 1.82) is 0 Å². The fourth-order valence-corrected chi connectivity index (χ4v) is 1.60. The van der Waals surface area contributed by atoms with Crippen molar-refractivity contribution in [3.05, 3.63) is 29.6 Å². The molecule has 0 atom stereocenters. The van der Waals surface area contributed by atoms with E-state index in [1.807, 2.05) is 0 Å². The van der Waals surface area contributed by atoms with Gasteiger partial charge in [0.25, 0.3) is 5.91 Å². The van der Waals surface area contributed by atoms with Gasteiger partial charge in [-0.1, -0.05) is 0 Å². The number of nitrogens with one attached hydrogen (secondary N) is 1. The van der Waals surface area contributed by atoms with E-state index in [1.54, 1.807) is 0 Å². The summed E-state index contributed by atoms with van der Waals surface area (Å²) < 4.78 is 35.0. The third-order valence-electron chi connectivity index (χ3n) is 2.86. The number of rotatable bonds is 4. The quantitative estimate of drug-likeness (QED) is 0.808. The summed E-state index contributed by atoms with van der Waals surface area (Å²) in [5.74, 6) is -1.18. The van der Waals surface area contributed by atoms with E-state index in [4.69, 9.17) is 5.73 Å². The summed E-state index contributed by atoms with van der Waals surface area (Å²) in [5.41, 5.74) is 5.62. The second kappa shape index (κ2) is 5.16. The molecule has 0 aliphatic carbocycles. The predicted molar refractivity (Wildman–Crippen MR) is 72.1 cm³/mol. The molecule has 1 aromatic carbocycles. The Morgan fingerprint density at radius 3 is 2.42 bits per heavy atom. The maximum atomic E-state index is 13.1. The van der Waals surface area contributed by atoms with Crippen molar-refractivity contribution >= 4 is 21.4 Å². The molecule has 0 unspecified atom stereocenters. The van der Waals surface area contributed by atoms with E-state index in [1.165, 1.54) is 19.9 Å². The predicted octanol–water partition coefficient (Wildman–Crippen LogP) is 0.961. The van der Waals surface area contributed by atoms with Crippen LogP contribution in [0.15, 0.2) is 18.2 Å². The monoisotopic (exact) mass is 288 g/mol. The Labute approximate surface area is 111 Å². The van der Waals surface area contributed by atoms with Gasteiger partial charge < -0.3 is 11.1 Å². The molecule has 19 heavy (non-hydrogen) atoms. The first-order chi connectivity index (χ1) is 8.53. The van der Waals surface area contributed by atoms with Gasteiger partial charge in [-0.05, 0) is 32.0 Å². The van der Waals surface area contributed by atoms with Gasteiger partial charge in [-0.25, -0.2) is 12.8 Å². The molecule has 0 aromatic heterocycles. The standard InChI is InChI=1S/C12H17FN2O3S/c1-12(2,19(3,17)18)7-15-11(16)8-4-9(13)6-10(14)5-8/h4-6H,7,14H2,1-3H3,(H,15,16). The molecule has 3 N–H and O–H groups in total. The van der Waals surface area contributed by atoms with Crippen LogP contribution >= 0.6 is 0 Å². The van der Waals surface area contributed by atoms with E-state index >= 15 is 0 Å². The number of nitrogen functional groups attached to an aromatic ring is 1. The highest BCUT2D eigenvalue weighted by Gasteiger charge is 2.30. The summed E-state index contributed by atoms with van der Waals surface area (Å²) in [6, 6.07) is 3.46. The van der Waals surface area contributed by atoms with Gasteiger partial charge in [-0.15, -0.1) is 0 Å². The number of benzene rings is 1. The molecule has 1 amide bonds. The Morgan fingerprint density at radius 1 is 1.37 bits per heavy atom. The van der Waals surface area contributed by atoms with Crippen molar-refractivity contribution in [3.63, 3.8) is 0 Å².